The molecule has 0 heterocycles. The average molecular weight is 371 g/mol. The van der Waals surface area contributed by atoms with Crippen molar-refractivity contribution in [2.45, 2.75) is 51.1 Å². The van der Waals surface area contributed by atoms with Gasteiger partial charge in [0, 0.05) is 5.56 Å². The lowest BCUT2D eigenvalue weighted by molar-refractivity contribution is 0.0307. The Bertz CT molecular complexity index is 1010. The first-order valence-corrected chi connectivity index (χ1v) is 10.4. The highest BCUT2D eigenvalue weighted by Crippen LogP contribution is 2.52. The zero-order valence-electron chi connectivity index (χ0n) is 16.4. The van der Waals surface area contributed by atoms with E-state index in [0.717, 1.165) is 59.6 Å². The second kappa shape index (κ2) is 7.76. The van der Waals surface area contributed by atoms with Gasteiger partial charge in [0.25, 0.3) is 0 Å². The molecule has 2 unspecified atom stereocenters. The topological polar surface area (TPSA) is 23.8 Å². The van der Waals surface area contributed by atoms with E-state index in [0.29, 0.717) is 12.0 Å². The molecule has 1 saturated carbocycles. The summed E-state index contributed by atoms with van der Waals surface area (Å²) in [5.41, 5.74) is 2.13. The van der Waals surface area contributed by atoms with Crippen LogP contribution < -0.4 is 0 Å². The minimum absolute atomic E-state index is 0.0641. The summed E-state index contributed by atoms with van der Waals surface area (Å²) in [6.45, 7) is 2.15. The Hall–Kier alpha value is -2.66. The first-order valence-electron chi connectivity index (χ1n) is 10.4. The lowest BCUT2D eigenvalue weighted by Crippen LogP contribution is -2.34. The summed E-state index contributed by atoms with van der Waals surface area (Å²) in [6, 6.07) is 22.0. The predicted molar refractivity (Wildman–Crippen MR) is 114 cm³/mol. The van der Waals surface area contributed by atoms with Crippen molar-refractivity contribution >= 4 is 10.8 Å². The third kappa shape index (κ3) is 3.20. The third-order valence-corrected chi connectivity index (χ3v) is 6.30. The molecule has 0 aromatic heterocycles. The molecule has 1 aliphatic carbocycles. The molecule has 142 valence electrons. The van der Waals surface area contributed by atoms with Crippen molar-refractivity contribution in [3.8, 4) is 17.2 Å². The van der Waals surface area contributed by atoms with E-state index in [-0.39, 0.29) is 5.92 Å². The molecule has 0 radical (unpaired) electrons. The largest absolute Gasteiger partial charge is 0.238 e. The molecule has 3 aromatic rings. The van der Waals surface area contributed by atoms with Gasteiger partial charge in [-0.05, 0) is 65.6 Å². The molecule has 0 bridgehead atoms. The van der Waals surface area contributed by atoms with Gasteiger partial charge in [-0.3, -0.25) is 0 Å². The maximum absolute atomic E-state index is 16.9. The van der Waals surface area contributed by atoms with Gasteiger partial charge in [0.1, 0.15) is 5.67 Å². The van der Waals surface area contributed by atoms with Gasteiger partial charge in [0.2, 0.25) is 0 Å². The van der Waals surface area contributed by atoms with Gasteiger partial charge in [0.15, 0.2) is 0 Å². The van der Waals surface area contributed by atoms with Gasteiger partial charge < -0.3 is 0 Å². The first-order chi connectivity index (χ1) is 13.7. The van der Waals surface area contributed by atoms with Crippen molar-refractivity contribution in [1.82, 2.24) is 0 Å². The number of alkyl halides is 1. The maximum atomic E-state index is 16.9. The molecule has 0 amide bonds. The van der Waals surface area contributed by atoms with E-state index in [4.69, 9.17) is 5.26 Å². The quantitative estimate of drug-likeness (QED) is 0.465. The summed E-state index contributed by atoms with van der Waals surface area (Å²) in [5, 5.41) is 11.2. The minimum Gasteiger partial charge on any atom is -0.238 e. The summed E-state index contributed by atoms with van der Waals surface area (Å²) in [7, 11) is 0. The molecular weight excluding hydrogens is 345 g/mol. The molecule has 4 rings (SSSR count). The zero-order valence-corrected chi connectivity index (χ0v) is 16.4. The van der Waals surface area contributed by atoms with Gasteiger partial charge in [-0.15, -0.1) is 0 Å². The molecule has 0 aliphatic heterocycles. The summed E-state index contributed by atoms with van der Waals surface area (Å²) < 4.78 is 16.9. The van der Waals surface area contributed by atoms with Crippen LogP contribution in [0.2, 0.25) is 0 Å². The van der Waals surface area contributed by atoms with E-state index in [1.54, 1.807) is 0 Å². The van der Waals surface area contributed by atoms with Crippen LogP contribution in [0.3, 0.4) is 0 Å². The molecule has 1 nitrogen and oxygen atoms in total. The molecule has 28 heavy (non-hydrogen) atoms. The van der Waals surface area contributed by atoms with E-state index in [2.05, 4.69) is 37.3 Å². The van der Waals surface area contributed by atoms with E-state index in [1.807, 2.05) is 36.4 Å². The molecule has 0 N–H and O–H groups in total. The van der Waals surface area contributed by atoms with E-state index in [1.165, 1.54) is 0 Å². The predicted octanol–water partition coefficient (Wildman–Crippen LogP) is 7.53. The van der Waals surface area contributed by atoms with Gasteiger partial charge in [-0.1, -0.05) is 68.3 Å². The average Bonchev–Trinajstić information content (AvgIpc) is 2.75. The highest BCUT2D eigenvalue weighted by molar-refractivity contribution is 5.93. The summed E-state index contributed by atoms with van der Waals surface area (Å²) in [4.78, 5) is 0. The number of halogens is 1. The minimum atomic E-state index is -1.31. The standard InChI is InChI=1S/C26H26FN/c1-2-7-22-9-5-6-17-26(22,27)25-23-10-4-3-8-20(23)15-16-24(25)21-13-11-19(18-28)12-14-21/h3-4,8,10-16,22H,2,5-7,9,17H2,1H3. The number of fused-ring (bicyclic) bond motifs is 1. The van der Waals surface area contributed by atoms with Crippen LogP contribution in [-0.4, -0.2) is 0 Å². The Morgan fingerprint density at radius 2 is 1.82 bits per heavy atom. The Balaban J connectivity index is 1.97. The lowest BCUT2D eigenvalue weighted by Gasteiger charge is -2.40. The van der Waals surface area contributed by atoms with Gasteiger partial charge >= 0.3 is 0 Å². The normalized spacial score (nSPS) is 22.1. The molecule has 0 spiro atoms. The highest BCUT2D eigenvalue weighted by Gasteiger charge is 2.44. The SMILES string of the molecule is CCCC1CCCCC1(F)c1c(-c2ccc(C#N)cc2)ccc2ccccc12. The molecule has 1 fully saturated rings. The van der Waals surface area contributed by atoms with Crippen LogP contribution in [0, 0.1) is 17.2 Å². The maximum Gasteiger partial charge on any atom is 0.140 e. The fraction of sp³-hybridized carbons (Fsp3) is 0.346. The Morgan fingerprint density at radius 1 is 1.04 bits per heavy atom. The van der Waals surface area contributed by atoms with Crippen molar-refractivity contribution in [1.29, 1.82) is 5.26 Å². The van der Waals surface area contributed by atoms with Crippen LogP contribution in [0.5, 0.6) is 0 Å². The van der Waals surface area contributed by atoms with Crippen LogP contribution in [0.4, 0.5) is 4.39 Å². The first kappa shape index (κ1) is 18.7. The van der Waals surface area contributed by atoms with Crippen LogP contribution in [0.15, 0.2) is 60.7 Å². The second-order valence-corrected chi connectivity index (χ2v) is 7.99. The van der Waals surface area contributed by atoms with E-state index < -0.39 is 5.67 Å². The molecule has 2 heteroatoms. The molecular formula is C26H26FN. The molecule has 0 saturated heterocycles. The summed E-state index contributed by atoms with van der Waals surface area (Å²) >= 11 is 0. The van der Waals surface area contributed by atoms with Gasteiger partial charge in [0.05, 0.1) is 11.6 Å². The zero-order chi connectivity index (χ0) is 19.6. The summed E-state index contributed by atoms with van der Waals surface area (Å²) in [6.07, 6.45) is 5.54. The van der Waals surface area contributed by atoms with Crippen molar-refractivity contribution in [2.75, 3.05) is 0 Å². The number of hydrogen-bond donors (Lipinski definition) is 0. The van der Waals surface area contributed by atoms with Crippen molar-refractivity contribution in [3.63, 3.8) is 0 Å². The third-order valence-electron chi connectivity index (χ3n) is 6.30. The lowest BCUT2D eigenvalue weighted by atomic mass is 9.68. The number of hydrogen-bond acceptors (Lipinski definition) is 1. The van der Waals surface area contributed by atoms with Gasteiger partial charge in [-0.25, -0.2) is 4.39 Å². The Morgan fingerprint density at radius 3 is 2.57 bits per heavy atom. The van der Waals surface area contributed by atoms with E-state index >= 15 is 4.39 Å². The molecule has 1 aliphatic rings. The van der Waals surface area contributed by atoms with Gasteiger partial charge in [-0.2, -0.15) is 5.26 Å². The smallest absolute Gasteiger partial charge is 0.140 e. The highest BCUT2D eigenvalue weighted by atomic mass is 19.1. The van der Waals surface area contributed by atoms with Crippen molar-refractivity contribution in [3.05, 3.63) is 71.8 Å². The molecule has 3 aromatic carbocycles. The van der Waals surface area contributed by atoms with Crippen LogP contribution in [-0.2, 0) is 5.67 Å². The Labute approximate surface area is 166 Å². The number of rotatable bonds is 4. The number of benzene rings is 3. The van der Waals surface area contributed by atoms with Crippen LogP contribution in [0.25, 0.3) is 21.9 Å². The van der Waals surface area contributed by atoms with E-state index in [9.17, 15) is 0 Å². The summed E-state index contributed by atoms with van der Waals surface area (Å²) in [5.74, 6) is 0.0641. The fourth-order valence-electron chi connectivity index (χ4n) is 4.94. The second-order valence-electron chi connectivity index (χ2n) is 7.99. The number of nitriles is 1. The number of nitrogens with zero attached hydrogens (tertiary/aromatic N) is 1. The Kier molecular flexibility index (Phi) is 5.18. The van der Waals surface area contributed by atoms with Crippen molar-refractivity contribution in [2.24, 2.45) is 5.92 Å². The molecule has 2 atom stereocenters. The monoisotopic (exact) mass is 371 g/mol. The van der Waals surface area contributed by atoms with Crippen LogP contribution in [0.1, 0.15) is 56.6 Å². The van der Waals surface area contributed by atoms with Crippen molar-refractivity contribution < 1.29 is 4.39 Å². The fourth-order valence-corrected chi connectivity index (χ4v) is 4.94. The van der Waals surface area contributed by atoms with Crippen LogP contribution >= 0.6 is 0 Å².